The van der Waals surface area contributed by atoms with Gasteiger partial charge in [-0.3, -0.25) is 4.79 Å². The van der Waals surface area contributed by atoms with Gasteiger partial charge in [0.15, 0.2) is 0 Å². The molecule has 0 fully saturated rings. The first kappa shape index (κ1) is 14.5. The third kappa shape index (κ3) is 2.58. The summed E-state index contributed by atoms with van der Waals surface area (Å²) in [5, 5.41) is 0. The van der Waals surface area contributed by atoms with Crippen LogP contribution in [0.3, 0.4) is 0 Å². The van der Waals surface area contributed by atoms with Gasteiger partial charge in [-0.2, -0.15) is 0 Å². The van der Waals surface area contributed by atoms with E-state index < -0.39 is 10.0 Å². The van der Waals surface area contributed by atoms with Crippen LogP contribution in [0.15, 0.2) is 17.0 Å². The third-order valence-corrected chi connectivity index (χ3v) is 5.42. The summed E-state index contributed by atoms with van der Waals surface area (Å²) in [6, 6.07) is 3.45. The zero-order valence-corrected chi connectivity index (χ0v) is 13.2. The van der Waals surface area contributed by atoms with Crippen LogP contribution < -0.4 is 9.62 Å². The average molecular weight is 308 g/mol. The number of benzene rings is 1. The molecule has 0 aliphatic carbocycles. The van der Waals surface area contributed by atoms with Gasteiger partial charge in [0.2, 0.25) is 15.9 Å². The molecule has 0 saturated heterocycles. The fraction of sp³-hybridized carbons (Fsp3) is 0.533. The Morgan fingerprint density at radius 3 is 2.52 bits per heavy atom. The minimum Gasteiger partial charge on any atom is -0.312 e. The Morgan fingerprint density at radius 1 is 1.19 bits per heavy atom. The molecule has 0 spiro atoms. The van der Waals surface area contributed by atoms with E-state index in [1.165, 1.54) is 0 Å². The number of carbonyl (C=O) groups excluding carboxylic acids is 1. The van der Waals surface area contributed by atoms with E-state index >= 15 is 0 Å². The van der Waals surface area contributed by atoms with Gasteiger partial charge in [-0.1, -0.05) is 13.8 Å². The molecule has 2 aliphatic rings. The van der Waals surface area contributed by atoms with Crippen LogP contribution in [0.2, 0.25) is 0 Å². The van der Waals surface area contributed by atoms with E-state index in [2.05, 4.69) is 4.72 Å². The summed E-state index contributed by atoms with van der Waals surface area (Å²) in [5.74, 6) is 0.412. The lowest BCUT2D eigenvalue weighted by Crippen LogP contribution is -2.33. The zero-order chi connectivity index (χ0) is 15.2. The normalized spacial score (nSPS) is 17.5. The van der Waals surface area contributed by atoms with Crippen LogP contribution >= 0.6 is 0 Å². The predicted molar refractivity (Wildman–Crippen MR) is 80.8 cm³/mol. The Morgan fingerprint density at radius 2 is 1.86 bits per heavy atom. The van der Waals surface area contributed by atoms with Gasteiger partial charge >= 0.3 is 0 Å². The minimum absolute atomic E-state index is 0.148. The van der Waals surface area contributed by atoms with Crippen molar-refractivity contribution in [1.82, 2.24) is 4.72 Å². The third-order valence-electron chi connectivity index (χ3n) is 4.02. The van der Waals surface area contributed by atoms with Crippen LogP contribution in [0, 0.1) is 5.92 Å². The van der Waals surface area contributed by atoms with Crippen LogP contribution in [0.25, 0.3) is 0 Å². The highest BCUT2D eigenvalue weighted by molar-refractivity contribution is 7.89. The SMILES string of the molecule is CC(C)CNS(=O)(=O)c1cc2c3c(c1)CCN3C(=O)CC2. The summed E-state index contributed by atoms with van der Waals surface area (Å²) in [7, 11) is -3.47. The highest BCUT2D eigenvalue weighted by atomic mass is 32.2. The number of rotatable bonds is 4. The topological polar surface area (TPSA) is 66.5 Å². The van der Waals surface area contributed by atoms with Crippen molar-refractivity contribution in [2.24, 2.45) is 5.92 Å². The van der Waals surface area contributed by atoms with E-state index in [1.54, 1.807) is 17.0 Å². The molecule has 3 rings (SSSR count). The lowest BCUT2D eigenvalue weighted by Gasteiger charge is -2.25. The maximum Gasteiger partial charge on any atom is 0.240 e. The summed E-state index contributed by atoms with van der Waals surface area (Å²) in [6.07, 6.45) is 1.84. The number of anilines is 1. The quantitative estimate of drug-likeness (QED) is 0.915. The highest BCUT2D eigenvalue weighted by Crippen LogP contribution is 2.38. The molecule has 0 atom stereocenters. The van der Waals surface area contributed by atoms with Crippen molar-refractivity contribution in [3.05, 3.63) is 23.3 Å². The highest BCUT2D eigenvalue weighted by Gasteiger charge is 2.32. The van der Waals surface area contributed by atoms with Crippen LogP contribution in [0.4, 0.5) is 5.69 Å². The summed E-state index contributed by atoms with van der Waals surface area (Å²) >= 11 is 0. The van der Waals surface area contributed by atoms with Gasteiger partial charge < -0.3 is 4.90 Å². The Bertz CT molecular complexity index is 695. The van der Waals surface area contributed by atoms with Crippen LogP contribution in [-0.2, 0) is 27.7 Å². The first-order chi connectivity index (χ1) is 9.88. The van der Waals surface area contributed by atoms with Gasteiger partial charge in [-0.25, -0.2) is 13.1 Å². The predicted octanol–water partition coefficient (Wildman–Crippen LogP) is 1.46. The second-order valence-corrected chi connectivity index (χ2v) is 7.90. The molecule has 0 bridgehead atoms. The maximum absolute atomic E-state index is 12.4. The first-order valence-electron chi connectivity index (χ1n) is 7.34. The monoisotopic (exact) mass is 308 g/mol. The van der Waals surface area contributed by atoms with Gasteiger partial charge in [0.05, 0.1) is 10.6 Å². The van der Waals surface area contributed by atoms with E-state index in [4.69, 9.17) is 0 Å². The van der Waals surface area contributed by atoms with Gasteiger partial charge in [0, 0.05) is 19.5 Å². The van der Waals surface area contributed by atoms with Gasteiger partial charge in [0.25, 0.3) is 0 Å². The van der Waals surface area contributed by atoms with Crippen LogP contribution in [-0.4, -0.2) is 27.4 Å². The smallest absolute Gasteiger partial charge is 0.240 e. The van der Waals surface area contributed by atoms with Crippen molar-refractivity contribution in [2.75, 3.05) is 18.0 Å². The van der Waals surface area contributed by atoms with Crippen molar-refractivity contribution in [2.45, 2.75) is 38.0 Å². The minimum atomic E-state index is -3.47. The Kier molecular flexibility index (Phi) is 3.53. The molecule has 2 heterocycles. The van der Waals surface area contributed by atoms with Crippen molar-refractivity contribution >= 4 is 21.6 Å². The van der Waals surface area contributed by atoms with Crippen molar-refractivity contribution in [3.8, 4) is 0 Å². The molecular formula is C15H20N2O3S. The van der Waals surface area contributed by atoms with Gasteiger partial charge in [-0.15, -0.1) is 0 Å². The summed E-state index contributed by atoms with van der Waals surface area (Å²) < 4.78 is 27.4. The van der Waals surface area contributed by atoms with Crippen molar-refractivity contribution in [1.29, 1.82) is 0 Å². The van der Waals surface area contributed by atoms with E-state index in [9.17, 15) is 13.2 Å². The number of hydrogen-bond donors (Lipinski definition) is 1. The fourth-order valence-corrected chi connectivity index (χ4v) is 4.26. The molecule has 0 aromatic heterocycles. The molecular weight excluding hydrogens is 288 g/mol. The van der Waals surface area contributed by atoms with Crippen molar-refractivity contribution in [3.63, 3.8) is 0 Å². The number of nitrogens with zero attached hydrogens (tertiary/aromatic N) is 1. The molecule has 1 aromatic rings. The number of aryl methyl sites for hydroxylation is 1. The number of amides is 1. The summed E-state index contributed by atoms with van der Waals surface area (Å²) in [5.41, 5.74) is 2.91. The van der Waals surface area contributed by atoms with E-state index in [0.717, 1.165) is 23.2 Å². The maximum atomic E-state index is 12.4. The number of nitrogens with one attached hydrogen (secondary N) is 1. The summed E-state index contributed by atoms with van der Waals surface area (Å²) in [4.78, 5) is 14.0. The van der Waals surface area contributed by atoms with Crippen LogP contribution in [0.1, 0.15) is 31.4 Å². The van der Waals surface area contributed by atoms with Gasteiger partial charge in [0.1, 0.15) is 0 Å². The molecule has 0 unspecified atom stereocenters. The second kappa shape index (κ2) is 5.10. The second-order valence-electron chi connectivity index (χ2n) is 6.13. The number of sulfonamides is 1. The molecule has 0 saturated carbocycles. The van der Waals surface area contributed by atoms with Crippen molar-refractivity contribution < 1.29 is 13.2 Å². The molecule has 5 nitrogen and oxygen atoms in total. The van der Waals surface area contributed by atoms with Crippen LogP contribution in [0.5, 0.6) is 0 Å². The van der Waals surface area contributed by atoms with E-state index in [1.807, 2.05) is 13.8 Å². The standard InChI is InChI=1S/C15H20N2O3S/c1-10(2)9-16-21(19,20)13-7-11-3-4-14(18)17-6-5-12(8-13)15(11)17/h7-8,10,16H,3-6,9H2,1-2H3. The molecule has 0 radical (unpaired) electrons. The number of carbonyl (C=O) groups is 1. The molecule has 114 valence electrons. The molecule has 1 amide bonds. The lowest BCUT2D eigenvalue weighted by molar-refractivity contribution is -0.118. The lowest BCUT2D eigenvalue weighted by atomic mass is 10.00. The van der Waals surface area contributed by atoms with E-state index in [-0.39, 0.29) is 11.8 Å². The molecule has 21 heavy (non-hydrogen) atoms. The van der Waals surface area contributed by atoms with E-state index in [0.29, 0.717) is 30.8 Å². The number of hydrogen-bond acceptors (Lipinski definition) is 3. The zero-order valence-electron chi connectivity index (χ0n) is 12.3. The largest absolute Gasteiger partial charge is 0.312 e. The van der Waals surface area contributed by atoms with Gasteiger partial charge in [-0.05, 0) is 42.0 Å². The Hall–Kier alpha value is -1.40. The molecule has 2 aliphatic heterocycles. The first-order valence-corrected chi connectivity index (χ1v) is 8.82. The molecule has 6 heteroatoms. The summed E-state index contributed by atoms with van der Waals surface area (Å²) in [6.45, 7) is 5.04. The molecule has 1 aromatic carbocycles. The Labute approximate surface area is 125 Å². The fourth-order valence-electron chi connectivity index (χ4n) is 2.94. The molecule has 1 N–H and O–H groups in total. The average Bonchev–Trinajstić information content (AvgIpc) is 2.86. The Balaban J connectivity index is 1.99.